The van der Waals surface area contributed by atoms with Crippen molar-refractivity contribution in [1.82, 2.24) is 0 Å². The summed E-state index contributed by atoms with van der Waals surface area (Å²) in [7, 11) is 0. The number of benzene rings is 1. The molecule has 0 radical (unpaired) electrons. The molecule has 5 heteroatoms. The van der Waals surface area contributed by atoms with Crippen LogP contribution in [0, 0.1) is 0 Å². The van der Waals surface area contributed by atoms with Gasteiger partial charge in [0.2, 0.25) is 0 Å². The van der Waals surface area contributed by atoms with Crippen LogP contribution in [-0.4, -0.2) is 11.1 Å². The molecule has 70 valence electrons. The number of carbonyl (C=O) groups is 1. The number of nitrogen functional groups attached to an aromatic ring is 1. The highest BCUT2D eigenvalue weighted by Crippen LogP contribution is 2.30. The van der Waals surface area contributed by atoms with Gasteiger partial charge in [-0.05, 0) is 28.1 Å². The molecule has 0 bridgehead atoms. The monoisotopic (exact) mass is 325 g/mol. The first-order chi connectivity index (χ1) is 6.07. The predicted octanol–water partition coefficient (Wildman–Crippen LogP) is 3.26. The van der Waals surface area contributed by atoms with E-state index in [1.54, 1.807) is 12.1 Å². The fraction of sp³-hybridized carbons (Fsp3) is 0.125. The number of carbonyl (C=O) groups excluding carboxylic acids is 1. The van der Waals surface area contributed by atoms with Crippen LogP contribution in [0.3, 0.4) is 0 Å². The Morgan fingerprint density at radius 1 is 1.54 bits per heavy atom. The Bertz CT molecular complexity index is 354. The van der Waals surface area contributed by atoms with Gasteiger partial charge in [0.25, 0.3) is 0 Å². The smallest absolute Gasteiger partial charge is 0.176 e. The van der Waals surface area contributed by atoms with E-state index < -0.39 is 0 Å². The summed E-state index contributed by atoms with van der Waals surface area (Å²) in [6.07, 6.45) is 0. The summed E-state index contributed by atoms with van der Waals surface area (Å²) < 4.78 is 0.554. The van der Waals surface area contributed by atoms with E-state index in [4.69, 9.17) is 17.3 Å². The second kappa shape index (κ2) is 4.44. The molecule has 2 N–H and O–H groups in total. The number of nitrogens with two attached hydrogens (primary N) is 1. The van der Waals surface area contributed by atoms with Crippen molar-refractivity contribution >= 4 is 54.9 Å². The van der Waals surface area contributed by atoms with Crippen molar-refractivity contribution in [2.75, 3.05) is 11.1 Å². The van der Waals surface area contributed by atoms with Crippen molar-refractivity contribution in [3.63, 3.8) is 0 Å². The maximum absolute atomic E-state index is 11.4. The summed E-state index contributed by atoms with van der Waals surface area (Å²) in [6.45, 7) is 0. The summed E-state index contributed by atoms with van der Waals surface area (Å²) in [6, 6.07) is 3.26. The van der Waals surface area contributed by atoms with E-state index in [1.807, 2.05) is 0 Å². The summed E-state index contributed by atoms with van der Waals surface area (Å²) in [5.41, 5.74) is 6.50. The molecule has 0 aliphatic carbocycles. The van der Waals surface area contributed by atoms with Gasteiger partial charge < -0.3 is 5.73 Å². The zero-order valence-corrected chi connectivity index (χ0v) is 10.4. The molecule has 13 heavy (non-hydrogen) atoms. The van der Waals surface area contributed by atoms with E-state index in [2.05, 4.69) is 31.9 Å². The first-order valence-electron chi connectivity index (χ1n) is 3.40. The zero-order chi connectivity index (χ0) is 10.0. The van der Waals surface area contributed by atoms with Gasteiger partial charge in [-0.1, -0.05) is 27.5 Å². The zero-order valence-electron chi connectivity index (χ0n) is 6.48. The molecule has 0 spiro atoms. The van der Waals surface area contributed by atoms with Crippen LogP contribution in [0.5, 0.6) is 0 Å². The SMILES string of the molecule is Nc1ccc(Cl)c(Br)c1C(=O)CBr. The summed E-state index contributed by atoms with van der Waals surface area (Å²) in [4.78, 5) is 11.4. The van der Waals surface area contributed by atoms with Gasteiger partial charge >= 0.3 is 0 Å². The molecule has 0 aliphatic rings. The van der Waals surface area contributed by atoms with Crippen molar-refractivity contribution in [3.8, 4) is 0 Å². The number of anilines is 1. The first kappa shape index (κ1) is 11.0. The molecule has 1 rings (SSSR count). The Balaban J connectivity index is 3.33. The van der Waals surface area contributed by atoms with Crippen LogP contribution in [0.1, 0.15) is 10.4 Å². The molecule has 0 heterocycles. The Hall–Kier alpha value is -0.0600. The average molecular weight is 327 g/mol. The first-order valence-corrected chi connectivity index (χ1v) is 5.69. The molecule has 0 fully saturated rings. The van der Waals surface area contributed by atoms with Crippen LogP contribution < -0.4 is 5.73 Å². The van der Waals surface area contributed by atoms with Crippen LogP contribution in [0.4, 0.5) is 5.69 Å². The molecule has 1 aromatic carbocycles. The van der Waals surface area contributed by atoms with Gasteiger partial charge in [0.1, 0.15) is 0 Å². The van der Waals surface area contributed by atoms with Crippen LogP contribution in [-0.2, 0) is 0 Å². The lowest BCUT2D eigenvalue weighted by Crippen LogP contribution is -2.05. The minimum Gasteiger partial charge on any atom is -0.398 e. The van der Waals surface area contributed by atoms with Crippen molar-refractivity contribution < 1.29 is 4.79 Å². The van der Waals surface area contributed by atoms with E-state index in [-0.39, 0.29) is 11.1 Å². The highest BCUT2D eigenvalue weighted by atomic mass is 79.9. The summed E-state index contributed by atoms with van der Waals surface area (Å²) >= 11 is 12.1. The Kier molecular flexibility index (Phi) is 3.76. The van der Waals surface area contributed by atoms with E-state index in [9.17, 15) is 4.79 Å². The van der Waals surface area contributed by atoms with E-state index >= 15 is 0 Å². The summed E-state index contributed by atoms with van der Waals surface area (Å²) in [5, 5.41) is 0.717. The third-order valence-corrected chi connectivity index (χ3v) is 3.40. The third kappa shape index (κ3) is 2.24. The van der Waals surface area contributed by atoms with E-state index in [0.717, 1.165) is 0 Å². The lowest BCUT2D eigenvalue weighted by atomic mass is 10.1. The van der Waals surface area contributed by atoms with Gasteiger partial charge in [0.05, 0.1) is 15.9 Å². The van der Waals surface area contributed by atoms with E-state index in [0.29, 0.717) is 20.7 Å². The average Bonchev–Trinajstić information content (AvgIpc) is 2.12. The highest BCUT2D eigenvalue weighted by molar-refractivity contribution is 9.10. The molecular weight excluding hydrogens is 321 g/mol. The molecule has 0 unspecified atom stereocenters. The standard InChI is InChI=1S/C8H6Br2ClNO/c9-3-6(13)7-5(12)2-1-4(11)8(7)10/h1-2H,3,12H2. The number of rotatable bonds is 2. The van der Waals surface area contributed by atoms with E-state index in [1.165, 1.54) is 0 Å². The predicted molar refractivity (Wildman–Crippen MR) is 61.7 cm³/mol. The molecule has 1 aromatic rings. The quantitative estimate of drug-likeness (QED) is 0.515. The second-order valence-electron chi connectivity index (χ2n) is 2.38. The summed E-state index contributed by atoms with van der Waals surface area (Å²) in [5.74, 6) is -0.0909. The lowest BCUT2D eigenvalue weighted by molar-refractivity contribution is 0.102. The van der Waals surface area contributed by atoms with Crippen LogP contribution in [0.2, 0.25) is 5.02 Å². The molecule has 0 aliphatic heterocycles. The Labute approximate surface area is 97.7 Å². The maximum atomic E-state index is 11.4. The van der Waals surface area contributed by atoms with Crippen LogP contribution >= 0.6 is 43.5 Å². The highest BCUT2D eigenvalue weighted by Gasteiger charge is 2.14. The fourth-order valence-corrected chi connectivity index (χ4v) is 1.94. The topological polar surface area (TPSA) is 43.1 Å². The van der Waals surface area contributed by atoms with Crippen LogP contribution in [0.15, 0.2) is 16.6 Å². The van der Waals surface area contributed by atoms with Crippen molar-refractivity contribution in [1.29, 1.82) is 0 Å². The fourth-order valence-electron chi connectivity index (χ4n) is 0.916. The molecule has 2 nitrogen and oxygen atoms in total. The van der Waals surface area contributed by atoms with Gasteiger partial charge in [0, 0.05) is 10.2 Å². The molecule has 0 atom stereocenters. The van der Waals surface area contributed by atoms with Crippen molar-refractivity contribution in [2.24, 2.45) is 0 Å². The Morgan fingerprint density at radius 2 is 2.15 bits per heavy atom. The van der Waals surface area contributed by atoms with Crippen LogP contribution in [0.25, 0.3) is 0 Å². The number of alkyl halides is 1. The minimum atomic E-state index is -0.0909. The number of hydrogen-bond donors (Lipinski definition) is 1. The number of ketones is 1. The second-order valence-corrected chi connectivity index (χ2v) is 4.14. The van der Waals surface area contributed by atoms with Gasteiger partial charge in [-0.2, -0.15) is 0 Å². The van der Waals surface area contributed by atoms with Gasteiger partial charge in [-0.25, -0.2) is 0 Å². The van der Waals surface area contributed by atoms with Gasteiger partial charge in [0.15, 0.2) is 5.78 Å². The van der Waals surface area contributed by atoms with Crippen molar-refractivity contribution in [2.45, 2.75) is 0 Å². The van der Waals surface area contributed by atoms with Gasteiger partial charge in [-0.3, -0.25) is 4.79 Å². The number of halogens is 3. The molecular formula is C8H6Br2ClNO. The Morgan fingerprint density at radius 3 is 2.69 bits per heavy atom. The lowest BCUT2D eigenvalue weighted by Gasteiger charge is -2.06. The minimum absolute atomic E-state index is 0.0909. The number of hydrogen-bond acceptors (Lipinski definition) is 2. The molecule has 0 saturated heterocycles. The molecule has 0 saturated carbocycles. The van der Waals surface area contributed by atoms with Crippen molar-refractivity contribution in [3.05, 3.63) is 27.2 Å². The van der Waals surface area contributed by atoms with Gasteiger partial charge in [-0.15, -0.1) is 0 Å². The number of Topliss-reactive ketones (excluding diaryl/α,β-unsaturated/α-hetero) is 1. The molecule has 0 amide bonds. The maximum Gasteiger partial charge on any atom is 0.176 e. The normalized spacial score (nSPS) is 10.1. The largest absolute Gasteiger partial charge is 0.398 e. The third-order valence-electron chi connectivity index (χ3n) is 1.53. The molecule has 0 aromatic heterocycles.